The summed E-state index contributed by atoms with van der Waals surface area (Å²) in [6.45, 7) is 10.4. The molecule has 0 aromatic rings. The first-order valence-corrected chi connectivity index (χ1v) is 26.6. The number of fused-ring (bicyclic) bond motifs is 2. The molecule has 0 amide bonds. The third kappa shape index (κ3) is 23.4. The summed E-state index contributed by atoms with van der Waals surface area (Å²) < 4.78 is 23.9. The Balaban J connectivity index is 1.94. The number of carbonyl (C=O) groups excluding carboxylic acids is 1. The Bertz CT molecular complexity index is 1960. The molecule has 2 fully saturated rings. The van der Waals surface area contributed by atoms with E-state index in [0.717, 1.165) is 13.0 Å². The number of hydrogen-bond acceptors (Lipinski definition) is 18. The Morgan fingerprint density at radius 3 is 1.93 bits per heavy atom. The lowest BCUT2D eigenvalue weighted by Gasteiger charge is -2.45. The van der Waals surface area contributed by atoms with Crippen LogP contribution in [0.1, 0.15) is 92.4 Å². The first-order valence-electron chi connectivity index (χ1n) is 26.6. The summed E-state index contributed by atoms with van der Waals surface area (Å²) in [5.41, 5.74) is 0. The number of aliphatic hydroxyl groups excluding tert-OH is 9. The standard InChI is InChI=1S/C55H90N4O17/c1-8-56-54(57-26-21-27-59(6)7)58-48-50(68)37(5)74-53(51(48)69)75-41-23-20-18-16-14-12-10-9-11-13-15-17-19-22-34(2)49(67)35(3)36(4)73-46(66)30-39(61)28-38(60)24-25-42(63)43(64)29-40(62)32-55(72)33-44(65)47(52(70)71)45(31-41)76-55/h9-20,22-23,34-45,47-51,53,60-65,67-69,72H,8,21,24-33H2,1-7H3,(H,70,71)(H2,56,57,58)/b10-9+,13-11+,14-12+,17-15+,18-16+,22-19-,23-20+/t34-,35-,36-,37+,38?,39+,40-,41-,42?,43?,44-,45-,47+,48-,49+,50+,51-,53-,55+/m0/s1. The molecule has 21 nitrogen and oxygen atoms in total. The number of carboxylic acid groups (broad SMARTS) is 1. The van der Waals surface area contributed by atoms with Gasteiger partial charge in [0.15, 0.2) is 18.0 Å². The topological polar surface area (TPSA) is 333 Å². The number of hydrogen-bond donors (Lipinski definition) is 13. The van der Waals surface area contributed by atoms with Crippen LogP contribution in [0, 0.1) is 17.8 Å². The van der Waals surface area contributed by atoms with Crippen LogP contribution in [-0.2, 0) is 28.5 Å². The summed E-state index contributed by atoms with van der Waals surface area (Å²) in [4.78, 5) is 32.1. The number of aliphatic carboxylic acids is 1. The maximum Gasteiger partial charge on any atom is 0.311 e. The van der Waals surface area contributed by atoms with Crippen LogP contribution in [0.2, 0.25) is 0 Å². The van der Waals surface area contributed by atoms with Gasteiger partial charge >= 0.3 is 11.9 Å². The molecular weight excluding hydrogens is 989 g/mol. The van der Waals surface area contributed by atoms with Gasteiger partial charge in [0.1, 0.15) is 24.2 Å². The molecule has 432 valence electrons. The lowest BCUT2D eigenvalue weighted by Crippen LogP contribution is -2.65. The predicted molar refractivity (Wildman–Crippen MR) is 285 cm³/mol. The number of cyclic esters (lactones) is 1. The molecule has 0 spiro atoms. The number of carboxylic acids is 1. The van der Waals surface area contributed by atoms with E-state index in [4.69, 9.17) is 18.9 Å². The zero-order valence-corrected chi connectivity index (χ0v) is 45.2. The second-order valence-corrected chi connectivity index (χ2v) is 20.6. The fourth-order valence-electron chi connectivity index (χ4n) is 9.16. The third-order valence-electron chi connectivity index (χ3n) is 13.7. The molecule has 0 aliphatic carbocycles. The molecule has 21 heteroatoms. The molecular formula is C55H90N4O17. The number of aliphatic hydroxyl groups is 10. The van der Waals surface area contributed by atoms with E-state index in [1.54, 1.807) is 75.5 Å². The molecule has 3 unspecified atom stereocenters. The second kappa shape index (κ2) is 34.0. The highest BCUT2D eigenvalue weighted by Gasteiger charge is 2.51. The number of rotatable bonds is 9. The molecule has 76 heavy (non-hydrogen) atoms. The Labute approximate surface area is 448 Å². The smallest absolute Gasteiger partial charge is 0.311 e. The monoisotopic (exact) mass is 1080 g/mol. The minimum absolute atomic E-state index is 0.113. The van der Waals surface area contributed by atoms with Crippen molar-refractivity contribution in [3.05, 3.63) is 85.1 Å². The number of guanidine groups is 1. The highest BCUT2D eigenvalue weighted by atomic mass is 16.7. The van der Waals surface area contributed by atoms with Crippen molar-refractivity contribution in [1.29, 1.82) is 0 Å². The third-order valence-corrected chi connectivity index (χ3v) is 13.7. The molecule has 13 N–H and O–H groups in total. The van der Waals surface area contributed by atoms with Crippen LogP contribution < -0.4 is 10.6 Å². The van der Waals surface area contributed by atoms with E-state index in [2.05, 4.69) is 15.6 Å². The van der Waals surface area contributed by atoms with Crippen molar-refractivity contribution < 1.29 is 84.7 Å². The molecule has 0 saturated carbocycles. The summed E-state index contributed by atoms with van der Waals surface area (Å²) in [7, 11) is 3.90. The van der Waals surface area contributed by atoms with Gasteiger partial charge in [-0.1, -0.05) is 98.9 Å². The molecule has 2 saturated heterocycles. The van der Waals surface area contributed by atoms with Crippen molar-refractivity contribution in [2.24, 2.45) is 22.7 Å². The Kier molecular flexibility index (Phi) is 29.6. The van der Waals surface area contributed by atoms with E-state index in [0.29, 0.717) is 19.0 Å². The van der Waals surface area contributed by atoms with Crippen LogP contribution in [0.5, 0.6) is 0 Å². The number of aliphatic imine (C=N–C) groups is 1. The largest absolute Gasteiger partial charge is 0.481 e. The van der Waals surface area contributed by atoms with Gasteiger partial charge in [-0.25, -0.2) is 0 Å². The summed E-state index contributed by atoms with van der Waals surface area (Å²) in [6.07, 6.45) is 4.06. The predicted octanol–water partition coefficient (Wildman–Crippen LogP) is 1.26. The van der Waals surface area contributed by atoms with Gasteiger partial charge < -0.3 is 90.7 Å². The van der Waals surface area contributed by atoms with Crippen LogP contribution >= 0.6 is 0 Å². The number of allylic oxidation sites excluding steroid dienone is 12. The quantitative estimate of drug-likeness (QED) is 0.0669. The fourth-order valence-corrected chi connectivity index (χ4v) is 9.16. The van der Waals surface area contributed by atoms with Gasteiger partial charge in [0, 0.05) is 50.6 Å². The van der Waals surface area contributed by atoms with E-state index < -0.39 is 147 Å². The summed E-state index contributed by atoms with van der Waals surface area (Å²) >= 11 is 0. The van der Waals surface area contributed by atoms with Gasteiger partial charge in [-0.05, 0) is 67.1 Å². The lowest BCUT2D eigenvalue weighted by molar-refractivity contribution is -0.309. The minimum atomic E-state index is -2.35. The summed E-state index contributed by atoms with van der Waals surface area (Å²) in [6, 6.07) is -1.05. The molecule has 19 atom stereocenters. The van der Waals surface area contributed by atoms with Crippen LogP contribution in [0.3, 0.4) is 0 Å². The minimum Gasteiger partial charge on any atom is -0.481 e. The zero-order chi connectivity index (χ0) is 56.5. The molecule has 2 bridgehead atoms. The van der Waals surface area contributed by atoms with Crippen LogP contribution in [0.15, 0.2) is 90.1 Å². The molecule has 3 aliphatic rings. The first kappa shape index (κ1) is 66.1. The van der Waals surface area contributed by atoms with Gasteiger partial charge in [0.05, 0.1) is 73.5 Å². The summed E-state index contributed by atoms with van der Waals surface area (Å²) in [5.74, 6) is -6.55. The first-order chi connectivity index (χ1) is 35.9. The highest BCUT2D eigenvalue weighted by Crippen LogP contribution is 2.38. The number of carbonyl (C=O) groups is 2. The molecule has 3 aliphatic heterocycles. The SMILES string of the molecule is CCNC(=NCCCN(C)C)N[C@@H]1[C@H](O)[C@H](O[C@H]2/C=C/C=C/C=C/C=C/C=C/C=C/C=C\[C@H](C)[C@@H](O)[C@@H](C)[C@H](C)OC(=O)C[C@H](O)CC(O)CCC(O)C(O)C[C@H](O)C[C@]3(O)C[C@H](O)[C@@H](C(=O)O)[C@H](C2)O3)O[C@H](C)[C@H]1O. The van der Waals surface area contributed by atoms with Crippen LogP contribution in [-0.4, -0.2) is 210 Å². The van der Waals surface area contributed by atoms with Gasteiger partial charge in [0.2, 0.25) is 0 Å². The van der Waals surface area contributed by atoms with E-state index in [-0.39, 0.29) is 31.6 Å². The molecule has 3 rings (SSSR count). The van der Waals surface area contributed by atoms with Crippen molar-refractivity contribution in [1.82, 2.24) is 15.5 Å². The van der Waals surface area contributed by atoms with Crippen LogP contribution in [0.25, 0.3) is 0 Å². The van der Waals surface area contributed by atoms with Crippen molar-refractivity contribution in [3.63, 3.8) is 0 Å². The van der Waals surface area contributed by atoms with Gasteiger partial charge in [-0.15, -0.1) is 0 Å². The fraction of sp³-hybridized carbons (Fsp3) is 0.691. The van der Waals surface area contributed by atoms with Crippen molar-refractivity contribution in [2.75, 3.05) is 33.7 Å². The average molecular weight is 1080 g/mol. The van der Waals surface area contributed by atoms with Gasteiger partial charge in [-0.2, -0.15) is 0 Å². The lowest BCUT2D eigenvalue weighted by atomic mass is 9.82. The highest BCUT2D eigenvalue weighted by molar-refractivity contribution is 5.80. The van der Waals surface area contributed by atoms with Crippen molar-refractivity contribution in [2.45, 2.75) is 190 Å². The zero-order valence-electron chi connectivity index (χ0n) is 45.2. The number of nitrogens with zero attached hydrogens (tertiary/aromatic N) is 2. The van der Waals surface area contributed by atoms with Crippen LogP contribution in [0.4, 0.5) is 0 Å². The second-order valence-electron chi connectivity index (χ2n) is 20.6. The van der Waals surface area contributed by atoms with Gasteiger partial charge in [0.25, 0.3) is 0 Å². The van der Waals surface area contributed by atoms with E-state index >= 15 is 0 Å². The Morgan fingerprint density at radius 2 is 1.34 bits per heavy atom. The summed E-state index contributed by atoms with van der Waals surface area (Å²) in [5, 5.41) is 128. The number of nitrogens with one attached hydrogen (secondary N) is 2. The Morgan fingerprint density at radius 1 is 0.737 bits per heavy atom. The average Bonchev–Trinajstić information content (AvgIpc) is 3.33. The van der Waals surface area contributed by atoms with E-state index in [1.807, 2.05) is 63.2 Å². The molecule has 0 aromatic heterocycles. The van der Waals surface area contributed by atoms with E-state index in [9.17, 15) is 65.8 Å². The van der Waals surface area contributed by atoms with E-state index in [1.165, 1.54) is 0 Å². The van der Waals surface area contributed by atoms with Gasteiger partial charge in [-0.3, -0.25) is 14.6 Å². The van der Waals surface area contributed by atoms with Crippen molar-refractivity contribution in [3.8, 4) is 0 Å². The maximum atomic E-state index is 12.7. The maximum absolute atomic E-state index is 12.7. The Hall–Kier alpha value is -4.17. The number of esters is 1. The normalized spacial score (nSPS) is 40.9. The number of ether oxygens (including phenoxy) is 4. The molecule has 0 radical (unpaired) electrons. The molecule has 3 heterocycles. The molecule has 0 aromatic carbocycles. The van der Waals surface area contributed by atoms with Crippen molar-refractivity contribution >= 4 is 17.9 Å².